The Morgan fingerprint density at radius 2 is 2.04 bits per heavy atom. The van der Waals surface area contributed by atoms with Gasteiger partial charge < -0.3 is 19.4 Å². The van der Waals surface area contributed by atoms with Crippen LogP contribution in [0.5, 0.6) is 0 Å². The van der Waals surface area contributed by atoms with Crippen LogP contribution in [0.1, 0.15) is 18.4 Å². The van der Waals surface area contributed by atoms with E-state index >= 15 is 0 Å². The molecule has 2 aromatic rings. The van der Waals surface area contributed by atoms with Crippen molar-refractivity contribution in [3.05, 3.63) is 29.7 Å². The van der Waals surface area contributed by atoms with Crippen LogP contribution < -0.4 is 5.32 Å². The molecule has 1 saturated heterocycles. The summed E-state index contributed by atoms with van der Waals surface area (Å²) in [5.74, 6) is 0.261. The fraction of sp³-hybridized carbons (Fsp3) is 0.500. The molecule has 26 heavy (non-hydrogen) atoms. The van der Waals surface area contributed by atoms with E-state index in [2.05, 4.69) is 15.2 Å². The average Bonchev–Trinajstić information content (AvgIpc) is 3.02. The molecule has 2 amide bonds. The quantitative estimate of drug-likeness (QED) is 0.814. The highest BCUT2D eigenvalue weighted by Gasteiger charge is 2.22. The number of aryl methyl sites for hydroxylation is 1. The molecule has 0 atom stereocenters. The topological polar surface area (TPSA) is 87.9 Å². The minimum atomic E-state index is -0.425. The molecule has 1 aromatic heterocycles. The number of nitrogens with zero attached hydrogens (tertiary/aromatic N) is 3. The highest BCUT2D eigenvalue weighted by Crippen LogP contribution is 2.18. The molecular formula is C18H24N4O4. The van der Waals surface area contributed by atoms with Gasteiger partial charge in [0.15, 0.2) is 5.58 Å². The molecule has 0 radical (unpaired) electrons. The third-order valence-electron chi connectivity index (χ3n) is 4.30. The van der Waals surface area contributed by atoms with Crippen LogP contribution in [-0.2, 0) is 16.1 Å². The van der Waals surface area contributed by atoms with E-state index in [9.17, 15) is 9.59 Å². The number of fused-ring (bicyclic) bond motifs is 1. The molecule has 0 aliphatic carbocycles. The molecule has 2 heterocycles. The van der Waals surface area contributed by atoms with E-state index in [-0.39, 0.29) is 12.6 Å². The van der Waals surface area contributed by atoms with Gasteiger partial charge in [-0.25, -0.2) is 9.78 Å². The zero-order chi connectivity index (χ0) is 18.5. The molecule has 1 aliphatic rings. The van der Waals surface area contributed by atoms with Gasteiger partial charge in [0, 0.05) is 26.2 Å². The Kier molecular flexibility index (Phi) is 5.72. The molecular weight excluding hydrogens is 336 g/mol. The van der Waals surface area contributed by atoms with Gasteiger partial charge in [-0.05, 0) is 31.5 Å². The lowest BCUT2D eigenvalue weighted by atomic mass is 10.2. The summed E-state index contributed by atoms with van der Waals surface area (Å²) < 4.78 is 10.6. The molecule has 1 aromatic carbocycles. The molecule has 1 N–H and O–H groups in total. The molecule has 3 rings (SSSR count). The Labute approximate surface area is 152 Å². The van der Waals surface area contributed by atoms with Crippen molar-refractivity contribution in [3.8, 4) is 0 Å². The van der Waals surface area contributed by atoms with E-state index in [1.54, 1.807) is 11.8 Å². The first-order chi connectivity index (χ1) is 12.5. The van der Waals surface area contributed by atoms with Crippen molar-refractivity contribution in [1.29, 1.82) is 0 Å². The lowest BCUT2D eigenvalue weighted by molar-refractivity contribution is -0.141. The summed E-state index contributed by atoms with van der Waals surface area (Å²) in [7, 11) is 0. The normalized spacial score (nSPS) is 15.2. The SMILES string of the molecule is CCOC(=O)CNC(=O)N1CCN(Cc2nc3cc(C)ccc3o2)CC1. The number of piperazine rings is 1. The lowest BCUT2D eigenvalue weighted by Gasteiger charge is -2.33. The predicted octanol–water partition coefficient (Wildman–Crippen LogP) is 1.53. The number of hydrogen-bond donors (Lipinski definition) is 1. The number of amides is 2. The summed E-state index contributed by atoms with van der Waals surface area (Å²) in [5, 5.41) is 2.59. The van der Waals surface area contributed by atoms with E-state index in [0.29, 0.717) is 32.1 Å². The van der Waals surface area contributed by atoms with Crippen LogP contribution in [0.4, 0.5) is 4.79 Å². The van der Waals surface area contributed by atoms with Crippen LogP contribution in [0.15, 0.2) is 22.6 Å². The second-order valence-corrected chi connectivity index (χ2v) is 6.31. The Morgan fingerprint density at radius 1 is 1.27 bits per heavy atom. The summed E-state index contributed by atoms with van der Waals surface area (Å²) in [4.78, 5) is 31.8. The van der Waals surface area contributed by atoms with Crippen LogP contribution in [0.25, 0.3) is 11.1 Å². The van der Waals surface area contributed by atoms with Gasteiger partial charge in [-0.1, -0.05) is 6.07 Å². The fourth-order valence-corrected chi connectivity index (χ4v) is 2.92. The molecule has 8 heteroatoms. The summed E-state index contributed by atoms with van der Waals surface area (Å²) >= 11 is 0. The van der Waals surface area contributed by atoms with Crippen molar-refractivity contribution < 1.29 is 18.7 Å². The predicted molar refractivity (Wildman–Crippen MR) is 95.6 cm³/mol. The number of urea groups is 1. The van der Waals surface area contributed by atoms with Crippen molar-refractivity contribution >= 4 is 23.1 Å². The molecule has 1 aliphatic heterocycles. The first-order valence-electron chi connectivity index (χ1n) is 8.82. The van der Waals surface area contributed by atoms with Crippen LogP contribution in [0.2, 0.25) is 0 Å². The van der Waals surface area contributed by atoms with Gasteiger partial charge in [0.1, 0.15) is 12.1 Å². The first kappa shape index (κ1) is 18.2. The number of carbonyl (C=O) groups excluding carboxylic acids is 2. The molecule has 0 unspecified atom stereocenters. The Balaban J connectivity index is 1.47. The van der Waals surface area contributed by atoms with E-state index in [1.807, 2.05) is 25.1 Å². The van der Waals surface area contributed by atoms with Gasteiger partial charge in [-0.3, -0.25) is 9.69 Å². The molecule has 0 spiro atoms. The second kappa shape index (κ2) is 8.18. The standard InChI is InChI=1S/C18H24N4O4/c1-3-25-17(23)11-19-18(24)22-8-6-21(7-9-22)12-16-20-14-10-13(2)4-5-15(14)26-16/h4-5,10H,3,6-9,11-12H2,1-2H3,(H,19,24). The molecule has 140 valence electrons. The highest BCUT2D eigenvalue weighted by atomic mass is 16.5. The Hall–Kier alpha value is -2.61. The van der Waals surface area contributed by atoms with Gasteiger partial charge in [-0.15, -0.1) is 0 Å². The van der Waals surface area contributed by atoms with Crippen LogP contribution in [0, 0.1) is 6.92 Å². The van der Waals surface area contributed by atoms with Crippen molar-refractivity contribution in [2.75, 3.05) is 39.3 Å². The Morgan fingerprint density at radius 3 is 2.77 bits per heavy atom. The van der Waals surface area contributed by atoms with Crippen molar-refractivity contribution in [2.24, 2.45) is 0 Å². The number of ether oxygens (including phenoxy) is 1. The van der Waals surface area contributed by atoms with Gasteiger partial charge in [0.25, 0.3) is 0 Å². The monoisotopic (exact) mass is 360 g/mol. The van der Waals surface area contributed by atoms with E-state index in [4.69, 9.17) is 9.15 Å². The minimum Gasteiger partial charge on any atom is -0.465 e. The van der Waals surface area contributed by atoms with E-state index in [0.717, 1.165) is 29.8 Å². The number of benzene rings is 1. The maximum Gasteiger partial charge on any atom is 0.325 e. The summed E-state index contributed by atoms with van der Waals surface area (Å²) in [6.45, 7) is 7.22. The van der Waals surface area contributed by atoms with E-state index < -0.39 is 5.97 Å². The molecule has 0 saturated carbocycles. The van der Waals surface area contributed by atoms with Crippen molar-refractivity contribution in [2.45, 2.75) is 20.4 Å². The maximum absolute atomic E-state index is 12.1. The lowest BCUT2D eigenvalue weighted by Crippen LogP contribution is -2.52. The third kappa shape index (κ3) is 4.51. The number of esters is 1. The molecule has 8 nitrogen and oxygen atoms in total. The van der Waals surface area contributed by atoms with Gasteiger partial charge in [0.05, 0.1) is 13.2 Å². The molecule has 0 bridgehead atoms. The number of nitrogens with one attached hydrogen (secondary N) is 1. The largest absolute Gasteiger partial charge is 0.465 e. The Bertz CT molecular complexity index is 781. The van der Waals surface area contributed by atoms with Crippen LogP contribution >= 0.6 is 0 Å². The van der Waals surface area contributed by atoms with Gasteiger partial charge in [-0.2, -0.15) is 0 Å². The molecule has 1 fully saturated rings. The minimum absolute atomic E-state index is 0.102. The second-order valence-electron chi connectivity index (χ2n) is 6.31. The zero-order valence-corrected chi connectivity index (χ0v) is 15.2. The van der Waals surface area contributed by atoms with Gasteiger partial charge in [0.2, 0.25) is 5.89 Å². The summed E-state index contributed by atoms with van der Waals surface area (Å²) in [6, 6.07) is 5.71. The number of rotatable bonds is 5. The number of aromatic nitrogens is 1. The summed E-state index contributed by atoms with van der Waals surface area (Å²) in [6.07, 6.45) is 0. The average molecular weight is 360 g/mol. The third-order valence-corrected chi connectivity index (χ3v) is 4.30. The van der Waals surface area contributed by atoms with E-state index in [1.165, 1.54) is 0 Å². The maximum atomic E-state index is 12.1. The highest BCUT2D eigenvalue weighted by molar-refractivity contribution is 5.80. The van der Waals surface area contributed by atoms with Crippen LogP contribution in [-0.4, -0.2) is 66.1 Å². The smallest absolute Gasteiger partial charge is 0.325 e. The summed E-state index contributed by atoms with van der Waals surface area (Å²) in [5.41, 5.74) is 2.82. The van der Waals surface area contributed by atoms with Crippen molar-refractivity contribution in [3.63, 3.8) is 0 Å². The zero-order valence-electron chi connectivity index (χ0n) is 15.2. The number of hydrogen-bond acceptors (Lipinski definition) is 6. The van der Waals surface area contributed by atoms with Crippen LogP contribution in [0.3, 0.4) is 0 Å². The first-order valence-corrected chi connectivity index (χ1v) is 8.82. The van der Waals surface area contributed by atoms with Gasteiger partial charge >= 0.3 is 12.0 Å². The number of oxazole rings is 1. The number of carbonyl (C=O) groups is 2. The fourth-order valence-electron chi connectivity index (χ4n) is 2.92. The van der Waals surface area contributed by atoms with Crippen molar-refractivity contribution in [1.82, 2.24) is 20.1 Å².